The van der Waals surface area contributed by atoms with Crippen molar-refractivity contribution in [2.75, 3.05) is 25.2 Å². The first-order valence-corrected chi connectivity index (χ1v) is 16.5. The normalized spacial score (nSPS) is 12.9. The number of hydrogen-bond acceptors (Lipinski definition) is 16. The van der Waals surface area contributed by atoms with E-state index in [-0.39, 0.29) is 37.3 Å². The fourth-order valence-corrected chi connectivity index (χ4v) is 5.91. The Morgan fingerprint density at radius 2 is 1.38 bits per heavy atom. The highest BCUT2D eigenvalue weighted by Gasteiger charge is 2.23. The third-order valence-electron chi connectivity index (χ3n) is 6.23. The van der Waals surface area contributed by atoms with Gasteiger partial charge in [0.25, 0.3) is 0 Å². The van der Waals surface area contributed by atoms with E-state index in [1.54, 1.807) is 0 Å². The lowest BCUT2D eigenvalue weighted by Gasteiger charge is -2.20. The van der Waals surface area contributed by atoms with Gasteiger partial charge in [0.15, 0.2) is 17.2 Å². The minimum Gasteiger partial charge on any atom is -0.504 e. The van der Waals surface area contributed by atoms with Crippen LogP contribution in [0.2, 0.25) is 0 Å². The molecule has 1 aromatic carbocycles. The monoisotopic (exact) mass is 703 g/mol. The van der Waals surface area contributed by atoms with Crippen LogP contribution in [0.3, 0.4) is 0 Å². The molecule has 17 nitrogen and oxygen atoms in total. The molecule has 0 spiro atoms. The number of esters is 3. The molecule has 5 N–H and O–H groups in total. The van der Waals surface area contributed by atoms with Gasteiger partial charge in [0, 0.05) is 17.9 Å². The maximum absolute atomic E-state index is 13.2. The van der Waals surface area contributed by atoms with Gasteiger partial charge in [-0.15, -0.1) is 6.58 Å². The molecule has 3 atom stereocenters. The summed E-state index contributed by atoms with van der Waals surface area (Å²) in [6.45, 7) is 2.70. The van der Waals surface area contributed by atoms with Crippen LogP contribution >= 0.6 is 21.6 Å². The molecule has 0 saturated carbocycles. The topological polar surface area (TPSA) is 246 Å². The predicted molar refractivity (Wildman–Crippen MR) is 169 cm³/mol. The van der Waals surface area contributed by atoms with Gasteiger partial charge in [-0.3, -0.25) is 9.59 Å². The molecule has 260 valence electrons. The average Bonchev–Trinajstić information content (AvgIpc) is 3.02. The van der Waals surface area contributed by atoms with E-state index in [1.165, 1.54) is 41.7 Å². The number of methoxy groups -OCH3 is 1. The molecule has 3 unspecified atom stereocenters. The largest absolute Gasteiger partial charge is 0.504 e. The van der Waals surface area contributed by atoms with Gasteiger partial charge < -0.3 is 39.7 Å². The van der Waals surface area contributed by atoms with E-state index < -0.39 is 84.3 Å². The zero-order chi connectivity index (χ0) is 35.3. The SMILES string of the molecule is C=CCn1c(=O)n(CC(O)COC(=O)CCSSCCC(=O)OC)c(=O)n(CC(O)CC(C)OC(=O)c2cc(O)c(O)c(O)c2)c1=O. The summed E-state index contributed by atoms with van der Waals surface area (Å²) in [5.41, 5.74) is -3.61. The number of aliphatic hydroxyl groups excluding tert-OH is 2. The zero-order valence-electron chi connectivity index (χ0n) is 25.6. The molecule has 0 aliphatic carbocycles. The van der Waals surface area contributed by atoms with Gasteiger partial charge in [0.05, 0.1) is 51.3 Å². The van der Waals surface area contributed by atoms with Crippen LogP contribution in [0.5, 0.6) is 17.2 Å². The molecule has 0 amide bonds. The van der Waals surface area contributed by atoms with Crippen LogP contribution in [0.15, 0.2) is 39.2 Å². The van der Waals surface area contributed by atoms with Crippen molar-refractivity contribution in [3.63, 3.8) is 0 Å². The molecule has 19 heteroatoms. The van der Waals surface area contributed by atoms with Gasteiger partial charge in [-0.05, 0) is 19.1 Å². The number of rotatable bonds is 19. The fourth-order valence-electron chi connectivity index (χ4n) is 3.96. The maximum atomic E-state index is 13.2. The van der Waals surface area contributed by atoms with Gasteiger partial charge in [0.2, 0.25) is 0 Å². The van der Waals surface area contributed by atoms with E-state index >= 15 is 0 Å². The van der Waals surface area contributed by atoms with E-state index in [9.17, 15) is 54.3 Å². The molecule has 1 heterocycles. The first-order valence-electron chi connectivity index (χ1n) is 14.0. The molecule has 0 bridgehead atoms. The number of aliphatic hydroxyl groups is 2. The molecule has 2 rings (SSSR count). The minimum absolute atomic E-state index is 0.00885. The summed E-state index contributed by atoms with van der Waals surface area (Å²) in [5.74, 6) is -3.52. The van der Waals surface area contributed by atoms with Crippen molar-refractivity contribution in [2.24, 2.45) is 0 Å². The van der Waals surface area contributed by atoms with Gasteiger partial charge in [0.1, 0.15) is 18.8 Å². The Morgan fingerprint density at radius 3 is 1.91 bits per heavy atom. The second kappa shape index (κ2) is 18.8. The molecule has 47 heavy (non-hydrogen) atoms. The van der Waals surface area contributed by atoms with Crippen LogP contribution in [0.25, 0.3) is 0 Å². The third kappa shape index (κ3) is 11.8. The van der Waals surface area contributed by atoms with E-state index in [0.717, 1.165) is 12.1 Å². The first kappa shape index (κ1) is 39.0. The molecule has 0 fully saturated rings. The van der Waals surface area contributed by atoms with Crippen molar-refractivity contribution in [1.82, 2.24) is 13.7 Å². The number of ether oxygens (including phenoxy) is 3. The number of carbonyl (C=O) groups is 3. The van der Waals surface area contributed by atoms with E-state index in [2.05, 4.69) is 11.3 Å². The number of aromatic hydroxyl groups is 3. The van der Waals surface area contributed by atoms with Gasteiger partial charge in [-0.2, -0.15) is 0 Å². The molecule has 0 aliphatic heterocycles. The highest BCUT2D eigenvalue weighted by atomic mass is 33.1. The molecular weight excluding hydrogens is 666 g/mol. The molecule has 2 aromatic rings. The number of carbonyl (C=O) groups excluding carboxylic acids is 3. The van der Waals surface area contributed by atoms with Gasteiger partial charge in [-0.1, -0.05) is 27.7 Å². The molecule has 0 aliphatic rings. The standard InChI is InChI=1S/C28H37N3O14S2/c1-4-7-29-26(40)30(13-18(32)10-16(2)45-25(39)17-11-20(34)24(38)21(35)12-17)28(42)31(27(29)41)14-19(33)15-44-23(37)6-9-47-46-8-5-22(36)43-3/h4,11-12,16,18-19,32-35,38H,1,5-10,13-15H2,2-3H3. The van der Waals surface area contributed by atoms with E-state index in [1.807, 2.05) is 0 Å². The summed E-state index contributed by atoms with van der Waals surface area (Å²) in [6.07, 6.45) is -2.85. The van der Waals surface area contributed by atoms with Crippen molar-refractivity contribution in [2.45, 2.75) is 64.1 Å². The Balaban J connectivity index is 2.05. The summed E-state index contributed by atoms with van der Waals surface area (Å²) in [4.78, 5) is 74.6. The van der Waals surface area contributed by atoms with Gasteiger partial charge in [-0.25, -0.2) is 32.9 Å². The Morgan fingerprint density at radius 1 is 0.872 bits per heavy atom. The fraction of sp³-hybridized carbons (Fsp3) is 0.500. The van der Waals surface area contributed by atoms with E-state index in [4.69, 9.17) is 9.47 Å². The smallest absolute Gasteiger partial charge is 0.338 e. The Bertz CT molecular complexity index is 1580. The van der Waals surface area contributed by atoms with Crippen molar-refractivity contribution >= 4 is 39.5 Å². The quantitative estimate of drug-likeness (QED) is 0.0315. The third-order valence-corrected chi connectivity index (χ3v) is 8.64. The number of phenolic OH excluding ortho intramolecular Hbond substituents is 3. The summed E-state index contributed by atoms with van der Waals surface area (Å²) >= 11 is 0. The lowest BCUT2D eigenvalue weighted by Crippen LogP contribution is -2.56. The number of hydrogen-bond donors (Lipinski definition) is 5. The molecule has 0 radical (unpaired) electrons. The first-order chi connectivity index (χ1) is 22.2. The number of phenols is 3. The van der Waals surface area contributed by atoms with Gasteiger partial charge >= 0.3 is 35.0 Å². The van der Waals surface area contributed by atoms with Crippen molar-refractivity contribution in [1.29, 1.82) is 0 Å². The maximum Gasteiger partial charge on any atom is 0.338 e. The van der Waals surface area contributed by atoms with Crippen LogP contribution in [0.1, 0.15) is 36.5 Å². The second-order valence-electron chi connectivity index (χ2n) is 9.99. The zero-order valence-corrected chi connectivity index (χ0v) is 27.2. The Labute approximate surface area is 275 Å². The lowest BCUT2D eigenvalue weighted by atomic mass is 10.1. The molecular formula is C28H37N3O14S2. The van der Waals surface area contributed by atoms with Crippen LogP contribution in [-0.4, -0.2) is 101 Å². The number of benzene rings is 1. The lowest BCUT2D eigenvalue weighted by molar-refractivity contribution is -0.146. The van der Waals surface area contributed by atoms with Crippen molar-refractivity contribution in [3.05, 3.63) is 61.8 Å². The second-order valence-corrected chi connectivity index (χ2v) is 12.7. The van der Waals surface area contributed by atoms with Crippen LogP contribution < -0.4 is 17.1 Å². The highest BCUT2D eigenvalue weighted by molar-refractivity contribution is 8.76. The Hall–Kier alpha value is -4.20. The Kier molecular flexibility index (Phi) is 15.6. The summed E-state index contributed by atoms with van der Waals surface area (Å²) in [5, 5.41) is 49.7. The number of allylic oxidation sites excluding steroid dienone is 1. The van der Waals surface area contributed by atoms with E-state index in [0.29, 0.717) is 25.2 Å². The molecule has 1 aromatic heterocycles. The van der Waals surface area contributed by atoms with Crippen molar-refractivity contribution in [3.8, 4) is 17.2 Å². The summed E-state index contributed by atoms with van der Waals surface area (Å²) in [7, 11) is 4.00. The van der Waals surface area contributed by atoms with Crippen LogP contribution in [0.4, 0.5) is 0 Å². The predicted octanol–water partition coefficient (Wildman–Crippen LogP) is -0.290. The number of aromatic nitrogens is 3. The average molecular weight is 704 g/mol. The number of nitrogens with zero attached hydrogens (tertiary/aromatic N) is 3. The van der Waals surface area contributed by atoms with Crippen molar-refractivity contribution < 1.29 is 54.1 Å². The summed E-state index contributed by atoms with van der Waals surface area (Å²) < 4.78 is 16.5. The van der Waals surface area contributed by atoms with Crippen LogP contribution in [-0.2, 0) is 43.4 Å². The summed E-state index contributed by atoms with van der Waals surface area (Å²) in [6, 6.07) is 1.72. The molecule has 0 saturated heterocycles. The minimum atomic E-state index is -1.52. The van der Waals surface area contributed by atoms with Crippen LogP contribution in [0, 0.1) is 0 Å². The highest BCUT2D eigenvalue weighted by Crippen LogP contribution is 2.35.